The van der Waals surface area contributed by atoms with Crippen molar-refractivity contribution in [2.75, 3.05) is 13.1 Å². The number of aromatic nitrogens is 2. The molecule has 4 nitrogen and oxygen atoms in total. The molecule has 1 heterocycles. The molecule has 13 heavy (non-hydrogen) atoms. The van der Waals surface area contributed by atoms with Crippen LogP contribution in [0.5, 0.6) is 0 Å². The van der Waals surface area contributed by atoms with E-state index >= 15 is 0 Å². The van der Waals surface area contributed by atoms with Crippen LogP contribution >= 0.6 is 0 Å². The van der Waals surface area contributed by atoms with E-state index in [9.17, 15) is 0 Å². The molecular weight excluding hydrogens is 164 g/mol. The van der Waals surface area contributed by atoms with Gasteiger partial charge >= 0.3 is 0 Å². The van der Waals surface area contributed by atoms with E-state index in [0.717, 1.165) is 26.1 Å². The van der Waals surface area contributed by atoms with Crippen LogP contribution in [0.25, 0.3) is 0 Å². The Balaban J connectivity index is 2.40. The van der Waals surface area contributed by atoms with Crippen LogP contribution in [0.2, 0.25) is 0 Å². The first-order valence-corrected chi connectivity index (χ1v) is 4.78. The summed E-state index contributed by atoms with van der Waals surface area (Å²) in [6.07, 6.45) is 4.92. The molecule has 0 unspecified atom stereocenters. The van der Waals surface area contributed by atoms with Gasteiger partial charge in [0.2, 0.25) is 0 Å². The molecule has 0 atom stereocenters. The van der Waals surface area contributed by atoms with E-state index in [4.69, 9.17) is 5.73 Å². The van der Waals surface area contributed by atoms with Crippen molar-refractivity contribution in [1.82, 2.24) is 14.9 Å². The first-order chi connectivity index (χ1) is 6.38. The Bertz CT molecular complexity index is 231. The molecule has 0 aliphatic heterocycles. The fourth-order valence-electron chi connectivity index (χ4n) is 1.26. The molecule has 0 aromatic carbocycles. The van der Waals surface area contributed by atoms with Crippen LogP contribution in [0.3, 0.4) is 0 Å². The van der Waals surface area contributed by atoms with Crippen LogP contribution in [0.15, 0.2) is 12.5 Å². The van der Waals surface area contributed by atoms with Gasteiger partial charge in [-0.2, -0.15) is 0 Å². The van der Waals surface area contributed by atoms with Crippen molar-refractivity contribution < 1.29 is 0 Å². The third-order valence-electron chi connectivity index (χ3n) is 1.89. The van der Waals surface area contributed by atoms with Crippen LogP contribution in [-0.2, 0) is 13.1 Å². The summed E-state index contributed by atoms with van der Waals surface area (Å²) in [7, 11) is 0. The average Bonchev–Trinajstić information content (AvgIpc) is 2.54. The largest absolute Gasteiger partial charge is 0.333 e. The summed E-state index contributed by atoms with van der Waals surface area (Å²) in [5.41, 5.74) is 6.61. The molecule has 4 heteroatoms. The van der Waals surface area contributed by atoms with Crippen molar-refractivity contribution in [3.63, 3.8) is 0 Å². The summed E-state index contributed by atoms with van der Waals surface area (Å²) in [5.74, 6) is 0. The van der Waals surface area contributed by atoms with E-state index in [2.05, 4.69) is 21.8 Å². The zero-order valence-corrected chi connectivity index (χ0v) is 8.16. The standard InChI is InChI=1S/C9H18N4/c1-2-5-13-8-12-7-9(13)6-11-4-3-10/h7-8,11H,2-6,10H2,1H3. The average molecular weight is 182 g/mol. The number of rotatable bonds is 6. The lowest BCUT2D eigenvalue weighted by molar-refractivity contribution is 0.604. The van der Waals surface area contributed by atoms with Crippen LogP contribution in [0.4, 0.5) is 0 Å². The van der Waals surface area contributed by atoms with Crippen molar-refractivity contribution in [2.45, 2.75) is 26.4 Å². The molecule has 0 radical (unpaired) electrons. The minimum Gasteiger partial charge on any atom is -0.333 e. The van der Waals surface area contributed by atoms with E-state index in [0.29, 0.717) is 6.54 Å². The number of hydrogen-bond donors (Lipinski definition) is 2. The topological polar surface area (TPSA) is 55.9 Å². The summed E-state index contributed by atoms with van der Waals surface area (Å²) < 4.78 is 2.17. The van der Waals surface area contributed by atoms with Crippen molar-refractivity contribution in [1.29, 1.82) is 0 Å². The Morgan fingerprint density at radius 2 is 2.46 bits per heavy atom. The highest BCUT2D eigenvalue weighted by atomic mass is 15.1. The molecule has 0 aliphatic rings. The van der Waals surface area contributed by atoms with Crippen LogP contribution < -0.4 is 11.1 Å². The minimum atomic E-state index is 0.682. The number of hydrogen-bond acceptors (Lipinski definition) is 3. The number of imidazole rings is 1. The lowest BCUT2D eigenvalue weighted by Crippen LogP contribution is -2.23. The van der Waals surface area contributed by atoms with Crippen LogP contribution in [0.1, 0.15) is 19.0 Å². The Kier molecular flexibility index (Phi) is 4.49. The predicted octanol–water partition coefficient (Wildman–Crippen LogP) is 0.341. The summed E-state index contributed by atoms with van der Waals surface area (Å²) in [5, 5.41) is 3.25. The summed E-state index contributed by atoms with van der Waals surface area (Å²) in [4.78, 5) is 4.11. The lowest BCUT2D eigenvalue weighted by Gasteiger charge is -2.06. The van der Waals surface area contributed by atoms with Crippen molar-refractivity contribution in [3.8, 4) is 0 Å². The Morgan fingerprint density at radius 3 is 3.15 bits per heavy atom. The third-order valence-corrected chi connectivity index (χ3v) is 1.89. The number of nitrogens with two attached hydrogens (primary N) is 1. The first-order valence-electron chi connectivity index (χ1n) is 4.78. The van der Waals surface area contributed by atoms with Gasteiger partial charge in [0.15, 0.2) is 0 Å². The van der Waals surface area contributed by atoms with Gasteiger partial charge in [0.25, 0.3) is 0 Å². The third kappa shape index (κ3) is 3.16. The van der Waals surface area contributed by atoms with Gasteiger partial charge in [-0.3, -0.25) is 0 Å². The quantitative estimate of drug-likeness (QED) is 0.624. The maximum Gasteiger partial charge on any atom is 0.0948 e. The first kappa shape index (κ1) is 10.2. The van der Waals surface area contributed by atoms with Gasteiger partial charge in [-0.15, -0.1) is 0 Å². The monoisotopic (exact) mass is 182 g/mol. The van der Waals surface area contributed by atoms with Gasteiger partial charge in [-0.05, 0) is 6.42 Å². The highest BCUT2D eigenvalue weighted by Crippen LogP contribution is 1.99. The van der Waals surface area contributed by atoms with Gasteiger partial charge in [0, 0.05) is 32.4 Å². The molecule has 0 bridgehead atoms. The van der Waals surface area contributed by atoms with E-state index in [1.807, 2.05) is 12.5 Å². The molecule has 0 saturated heterocycles. The van der Waals surface area contributed by atoms with Gasteiger partial charge in [0.05, 0.1) is 12.0 Å². The molecular formula is C9H18N4. The van der Waals surface area contributed by atoms with Crippen molar-refractivity contribution in [3.05, 3.63) is 18.2 Å². The molecule has 1 aromatic rings. The molecule has 1 rings (SSSR count). The van der Waals surface area contributed by atoms with Crippen molar-refractivity contribution in [2.24, 2.45) is 5.73 Å². The predicted molar refractivity (Wildman–Crippen MR) is 53.3 cm³/mol. The highest BCUT2D eigenvalue weighted by molar-refractivity contribution is 4.97. The Hall–Kier alpha value is -0.870. The second-order valence-electron chi connectivity index (χ2n) is 3.04. The maximum absolute atomic E-state index is 5.38. The fourth-order valence-corrected chi connectivity index (χ4v) is 1.26. The molecule has 0 fully saturated rings. The van der Waals surface area contributed by atoms with E-state index in [-0.39, 0.29) is 0 Å². The Morgan fingerprint density at radius 1 is 1.62 bits per heavy atom. The second-order valence-corrected chi connectivity index (χ2v) is 3.04. The second kappa shape index (κ2) is 5.72. The maximum atomic E-state index is 5.38. The zero-order valence-electron chi connectivity index (χ0n) is 8.16. The van der Waals surface area contributed by atoms with Gasteiger partial charge in [-0.1, -0.05) is 6.92 Å². The molecule has 0 aliphatic carbocycles. The fraction of sp³-hybridized carbons (Fsp3) is 0.667. The number of nitrogens with one attached hydrogen (secondary N) is 1. The SMILES string of the molecule is CCCn1cncc1CNCCN. The van der Waals surface area contributed by atoms with E-state index in [1.165, 1.54) is 5.69 Å². The summed E-state index contributed by atoms with van der Waals surface area (Å²) in [6.45, 7) is 5.60. The van der Waals surface area contributed by atoms with Gasteiger partial charge < -0.3 is 15.6 Å². The van der Waals surface area contributed by atoms with Crippen molar-refractivity contribution >= 4 is 0 Å². The summed E-state index contributed by atoms with van der Waals surface area (Å²) in [6, 6.07) is 0. The smallest absolute Gasteiger partial charge is 0.0948 e. The molecule has 3 N–H and O–H groups in total. The lowest BCUT2D eigenvalue weighted by atomic mass is 10.4. The van der Waals surface area contributed by atoms with Crippen LogP contribution in [-0.4, -0.2) is 22.6 Å². The summed E-state index contributed by atoms with van der Waals surface area (Å²) >= 11 is 0. The Labute approximate surface area is 79.1 Å². The van der Waals surface area contributed by atoms with Crippen LogP contribution in [0, 0.1) is 0 Å². The normalized spacial score (nSPS) is 10.6. The number of aryl methyl sites for hydroxylation is 1. The van der Waals surface area contributed by atoms with Gasteiger partial charge in [0.1, 0.15) is 0 Å². The zero-order chi connectivity index (χ0) is 9.52. The molecule has 0 spiro atoms. The molecule has 0 saturated carbocycles. The molecule has 74 valence electrons. The minimum absolute atomic E-state index is 0.682. The van der Waals surface area contributed by atoms with E-state index in [1.54, 1.807) is 0 Å². The molecule has 1 aromatic heterocycles. The van der Waals surface area contributed by atoms with E-state index < -0.39 is 0 Å². The van der Waals surface area contributed by atoms with Gasteiger partial charge in [-0.25, -0.2) is 4.98 Å². The molecule has 0 amide bonds. The highest BCUT2D eigenvalue weighted by Gasteiger charge is 1.99. The number of nitrogens with zero attached hydrogens (tertiary/aromatic N) is 2.